The number of ether oxygens (including phenoxy) is 1. The second-order valence-corrected chi connectivity index (χ2v) is 7.75. The number of hydrogen-bond donors (Lipinski definition) is 4. The molecule has 33 heavy (non-hydrogen) atoms. The van der Waals surface area contributed by atoms with E-state index in [0.717, 1.165) is 17.7 Å². The molecule has 0 fully saturated rings. The first-order chi connectivity index (χ1) is 16.1. The van der Waals surface area contributed by atoms with Crippen molar-refractivity contribution in [3.63, 3.8) is 0 Å². The molecule has 0 unspecified atom stereocenters. The third kappa shape index (κ3) is 7.38. The molecule has 0 aliphatic rings. The largest absolute Gasteiger partial charge is 0.508 e. The summed E-state index contributed by atoms with van der Waals surface area (Å²) in [4.78, 5) is 12.3. The average molecular weight is 451 g/mol. The minimum Gasteiger partial charge on any atom is -0.508 e. The number of aromatic amines is 1. The summed E-state index contributed by atoms with van der Waals surface area (Å²) in [7, 11) is 0. The number of nitrogens with one attached hydrogen (secondary N) is 2. The zero-order chi connectivity index (χ0) is 23.5. The number of unbranched alkanes of at least 4 members (excludes halogenated alkanes) is 5. The van der Waals surface area contributed by atoms with Gasteiger partial charge in [0.2, 0.25) is 0 Å². The molecule has 1 amide bonds. The molecule has 0 aliphatic carbocycles. The Morgan fingerprint density at radius 3 is 2.58 bits per heavy atom. The maximum atomic E-state index is 12.3. The van der Waals surface area contributed by atoms with Gasteiger partial charge in [-0.1, -0.05) is 39.0 Å². The van der Waals surface area contributed by atoms with E-state index in [2.05, 4.69) is 27.6 Å². The predicted molar refractivity (Wildman–Crippen MR) is 128 cm³/mol. The van der Waals surface area contributed by atoms with Crippen molar-refractivity contribution in [1.82, 2.24) is 15.6 Å². The summed E-state index contributed by atoms with van der Waals surface area (Å²) in [5.41, 5.74) is 4.47. The van der Waals surface area contributed by atoms with Gasteiger partial charge in [0, 0.05) is 17.2 Å². The van der Waals surface area contributed by atoms with Gasteiger partial charge in [-0.05, 0) is 48.9 Å². The van der Waals surface area contributed by atoms with E-state index in [1.165, 1.54) is 56.5 Å². The lowest BCUT2D eigenvalue weighted by Gasteiger charge is -2.06. The van der Waals surface area contributed by atoms with Gasteiger partial charge in [-0.25, -0.2) is 5.43 Å². The van der Waals surface area contributed by atoms with Gasteiger partial charge in [-0.3, -0.25) is 9.89 Å². The Kier molecular flexibility index (Phi) is 8.88. The Balaban J connectivity index is 1.48. The minimum atomic E-state index is -0.470. The number of benzene rings is 2. The number of hydrogen-bond acceptors (Lipinski definition) is 6. The van der Waals surface area contributed by atoms with Crippen molar-refractivity contribution in [3.05, 3.63) is 59.8 Å². The van der Waals surface area contributed by atoms with Crippen LogP contribution in [0.1, 0.15) is 61.5 Å². The molecule has 174 valence electrons. The van der Waals surface area contributed by atoms with Crippen LogP contribution in [-0.2, 0) is 0 Å². The highest BCUT2D eigenvalue weighted by molar-refractivity contribution is 5.94. The SMILES string of the molecule is CCCCCCCCOc1ccc(-c2cc(C(=O)N/N=C/c3ccc(O)cc3O)[nH]n2)cc1. The first kappa shape index (κ1) is 23.8. The summed E-state index contributed by atoms with van der Waals surface area (Å²) in [5, 5.41) is 29.8. The summed E-state index contributed by atoms with van der Waals surface area (Å²) in [5.74, 6) is 0.141. The standard InChI is InChI=1S/C25H30N4O4/c1-2-3-4-5-6-7-14-33-21-12-9-18(10-13-21)22-16-23(28-27-22)25(32)29-26-17-19-8-11-20(30)15-24(19)31/h8-13,15-17,30-31H,2-7,14H2,1H3,(H,27,28)(H,29,32)/b26-17+. The number of carbonyl (C=O) groups is 1. The molecule has 0 bridgehead atoms. The van der Waals surface area contributed by atoms with E-state index >= 15 is 0 Å². The van der Waals surface area contributed by atoms with Crippen LogP contribution in [0.2, 0.25) is 0 Å². The van der Waals surface area contributed by atoms with Crippen molar-refractivity contribution in [2.45, 2.75) is 45.4 Å². The van der Waals surface area contributed by atoms with Crippen molar-refractivity contribution < 1.29 is 19.7 Å². The van der Waals surface area contributed by atoms with Gasteiger partial charge in [0.1, 0.15) is 22.9 Å². The van der Waals surface area contributed by atoms with Crippen LogP contribution in [-0.4, -0.2) is 39.1 Å². The number of phenolic OH excluding ortho intramolecular Hbond substituents is 2. The molecular weight excluding hydrogens is 420 g/mol. The minimum absolute atomic E-state index is 0.0592. The highest BCUT2D eigenvalue weighted by atomic mass is 16.5. The number of carbonyl (C=O) groups excluding carboxylic acids is 1. The first-order valence-electron chi connectivity index (χ1n) is 11.2. The Morgan fingerprint density at radius 1 is 1.06 bits per heavy atom. The molecule has 1 aromatic heterocycles. The van der Waals surface area contributed by atoms with Gasteiger partial charge in [0.25, 0.3) is 5.91 Å². The molecule has 0 saturated heterocycles. The van der Waals surface area contributed by atoms with E-state index in [1.807, 2.05) is 24.3 Å². The Bertz CT molecular complexity index is 1060. The summed E-state index contributed by atoms with van der Waals surface area (Å²) in [6, 6.07) is 13.3. The fourth-order valence-corrected chi connectivity index (χ4v) is 3.24. The lowest BCUT2D eigenvalue weighted by Crippen LogP contribution is -2.18. The normalized spacial score (nSPS) is 11.1. The van der Waals surface area contributed by atoms with Crippen LogP contribution in [0.5, 0.6) is 17.2 Å². The van der Waals surface area contributed by atoms with Gasteiger partial charge < -0.3 is 14.9 Å². The smallest absolute Gasteiger partial charge is 0.289 e. The molecule has 4 N–H and O–H groups in total. The maximum Gasteiger partial charge on any atom is 0.289 e. The quantitative estimate of drug-likeness (QED) is 0.176. The van der Waals surface area contributed by atoms with E-state index in [1.54, 1.807) is 6.07 Å². The lowest BCUT2D eigenvalue weighted by molar-refractivity contribution is 0.0950. The van der Waals surface area contributed by atoms with Crippen LogP contribution in [0.25, 0.3) is 11.3 Å². The molecule has 0 saturated carbocycles. The van der Waals surface area contributed by atoms with Crippen LogP contribution in [0, 0.1) is 0 Å². The fraction of sp³-hybridized carbons (Fsp3) is 0.320. The van der Waals surface area contributed by atoms with E-state index in [9.17, 15) is 15.0 Å². The first-order valence-corrected chi connectivity index (χ1v) is 11.2. The fourth-order valence-electron chi connectivity index (χ4n) is 3.24. The Hall–Kier alpha value is -3.81. The molecule has 0 aliphatic heterocycles. The lowest BCUT2D eigenvalue weighted by atomic mass is 10.1. The van der Waals surface area contributed by atoms with Gasteiger partial charge >= 0.3 is 0 Å². The molecular formula is C25H30N4O4. The number of aromatic hydroxyl groups is 2. The van der Waals surface area contributed by atoms with E-state index in [-0.39, 0.29) is 17.2 Å². The second-order valence-electron chi connectivity index (χ2n) is 7.75. The van der Waals surface area contributed by atoms with Crippen molar-refractivity contribution in [2.75, 3.05) is 6.61 Å². The maximum absolute atomic E-state index is 12.3. The molecule has 0 atom stereocenters. The van der Waals surface area contributed by atoms with Crippen LogP contribution >= 0.6 is 0 Å². The number of aromatic nitrogens is 2. The molecule has 8 nitrogen and oxygen atoms in total. The van der Waals surface area contributed by atoms with Crippen LogP contribution in [0.3, 0.4) is 0 Å². The summed E-state index contributed by atoms with van der Waals surface area (Å²) >= 11 is 0. The van der Waals surface area contributed by atoms with Crippen LogP contribution in [0.4, 0.5) is 0 Å². The number of nitrogens with zero attached hydrogens (tertiary/aromatic N) is 2. The number of phenols is 2. The van der Waals surface area contributed by atoms with Gasteiger partial charge in [-0.2, -0.15) is 10.2 Å². The zero-order valence-corrected chi connectivity index (χ0v) is 18.8. The topological polar surface area (TPSA) is 120 Å². The number of amides is 1. The van der Waals surface area contributed by atoms with Gasteiger partial charge in [0.05, 0.1) is 18.5 Å². The van der Waals surface area contributed by atoms with E-state index in [0.29, 0.717) is 17.9 Å². The van der Waals surface area contributed by atoms with Gasteiger partial charge in [-0.15, -0.1) is 0 Å². The monoisotopic (exact) mass is 450 g/mol. The molecule has 1 heterocycles. The second kappa shape index (κ2) is 12.3. The van der Waals surface area contributed by atoms with Crippen LogP contribution in [0.15, 0.2) is 53.6 Å². The summed E-state index contributed by atoms with van der Waals surface area (Å²) in [6.45, 7) is 2.93. The van der Waals surface area contributed by atoms with E-state index < -0.39 is 5.91 Å². The molecule has 0 radical (unpaired) electrons. The third-order valence-corrected chi connectivity index (χ3v) is 5.12. The predicted octanol–water partition coefficient (Wildman–Crippen LogP) is 4.99. The Labute approximate surface area is 193 Å². The van der Waals surface area contributed by atoms with Crippen molar-refractivity contribution in [1.29, 1.82) is 0 Å². The number of rotatable bonds is 12. The van der Waals surface area contributed by atoms with Crippen molar-refractivity contribution in [3.8, 4) is 28.5 Å². The number of hydrazone groups is 1. The summed E-state index contributed by atoms with van der Waals surface area (Å²) < 4.78 is 5.80. The van der Waals surface area contributed by atoms with E-state index in [4.69, 9.17) is 4.74 Å². The summed E-state index contributed by atoms with van der Waals surface area (Å²) in [6.07, 6.45) is 8.64. The molecule has 2 aromatic carbocycles. The molecule has 3 rings (SSSR count). The third-order valence-electron chi connectivity index (χ3n) is 5.12. The molecule has 8 heteroatoms. The van der Waals surface area contributed by atoms with Gasteiger partial charge in [0.15, 0.2) is 0 Å². The van der Waals surface area contributed by atoms with Crippen molar-refractivity contribution >= 4 is 12.1 Å². The molecule has 3 aromatic rings. The van der Waals surface area contributed by atoms with Crippen LogP contribution < -0.4 is 10.2 Å². The highest BCUT2D eigenvalue weighted by Crippen LogP contribution is 2.22. The molecule has 0 spiro atoms. The Morgan fingerprint density at radius 2 is 1.82 bits per heavy atom. The highest BCUT2D eigenvalue weighted by Gasteiger charge is 2.11. The van der Waals surface area contributed by atoms with Crippen molar-refractivity contribution in [2.24, 2.45) is 5.10 Å². The average Bonchev–Trinajstić information content (AvgIpc) is 3.31. The number of H-pyrrole nitrogens is 1. The zero-order valence-electron chi connectivity index (χ0n) is 18.8.